The summed E-state index contributed by atoms with van der Waals surface area (Å²) in [7, 11) is 0. The number of halogens is 2. The van der Waals surface area contributed by atoms with Gasteiger partial charge in [-0.1, -0.05) is 0 Å². The van der Waals surface area contributed by atoms with E-state index in [-0.39, 0.29) is 29.1 Å². The number of nitrogens with zero attached hydrogens (tertiary/aromatic N) is 2. The summed E-state index contributed by atoms with van der Waals surface area (Å²) in [5.74, 6) is -1.75. The number of aryl methyl sites for hydroxylation is 1. The minimum Gasteiger partial charge on any atom is -0.339 e. The molecule has 210 valence electrons. The fraction of sp³-hybridized carbons (Fsp3) is 0.467. The highest BCUT2D eigenvalue weighted by molar-refractivity contribution is 6.01. The third kappa shape index (κ3) is 5.07. The lowest BCUT2D eigenvalue weighted by Gasteiger charge is -2.28. The smallest absolute Gasteiger partial charge is 0.270 e. The molecule has 2 amide bonds. The Morgan fingerprint density at radius 1 is 1.05 bits per heavy atom. The molecule has 2 aromatic heterocycles. The molecule has 3 aromatic rings. The van der Waals surface area contributed by atoms with Gasteiger partial charge in [0.2, 0.25) is 5.91 Å². The van der Waals surface area contributed by atoms with E-state index in [9.17, 15) is 18.8 Å². The summed E-state index contributed by atoms with van der Waals surface area (Å²) in [6, 6.07) is 4.92. The number of carbonyl (C=O) groups is 2. The van der Waals surface area contributed by atoms with Crippen molar-refractivity contribution in [3.05, 3.63) is 81.0 Å². The number of carbonyl (C=O) groups excluding carboxylic acids is 2. The number of nitrogens with one attached hydrogen (secondary N) is 3. The number of amides is 2. The molecular weight excluding hydrogens is 516 g/mol. The van der Waals surface area contributed by atoms with E-state index in [0.29, 0.717) is 35.9 Å². The zero-order valence-electron chi connectivity index (χ0n) is 22.5. The van der Waals surface area contributed by atoms with E-state index < -0.39 is 35.1 Å². The molecule has 0 radical (unpaired) electrons. The Hall–Kier alpha value is -3.82. The number of rotatable bonds is 9. The molecule has 3 aliphatic carbocycles. The van der Waals surface area contributed by atoms with Gasteiger partial charge in [-0.3, -0.25) is 19.1 Å². The van der Waals surface area contributed by atoms with Crippen molar-refractivity contribution in [3.8, 4) is 0 Å². The third-order valence-corrected chi connectivity index (χ3v) is 8.52. The maximum absolute atomic E-state index is 15.4. The van der Waals surface area contributed by atoms with Crippen LogP contribution in [0.15, 0.2) is 41.5 Å². The molecule has 1 unspecified atom stereocenters. The molecule has 2 heterocycles. The lowest BCUT2D eigenvalue weighted by atomic mass is 9.88. The SMILES string of the molecule is CC(C)n1nccc1C(=O)N[C@H](C(=O)Nc1cc2c(cc1F)C(c1cc(F)c[nH]c1=O)CC2)C(C1CC1)C1CC1. The maximum Gasteiger partial charge on any atom is 0.270 e. The Balaban J connectivity index is 1.27. The third-order valence-electron chi connectivity index (χ3n) is 8.52. The van der Waals surface area contributed by atoms with Crippen LogP contribution in [0.4, 0.5) is 14.5 Å². The van der Waals surface area contributed by atoms with Crippen molar-refractivity contribution in [1.29, 1.82) is 0 Å². The highest BCUT2D eigenvalue weighted by Crippen LogP contribution is 2.51. The number of benzene rings is 1. The predicted octanol–water partition coefficient (Wildman–Crippen LogP) is 4.68. The molecular formula is C30H33F2N5O3. The van der Waals surface area contributed by atoms with Crippen LogP contribution in [-0.2, 0) is 11.2 Å². The number of hydrogen-bond donors (Lipinski definition) is 3. The average molecular weight is 550 g/mol. The van der Waals surface area contributed by atoms with Crippen LogP contribution in [0.3, 0.4) is 0 Å². The Kier molecular flexibility index (Phi) is 6.80. The molecule has 0 saturated heterocycles. The normalized spacial score (nSPS) is 19.1. The van der Waals surface area contributed by atoms with E-state index in [1.165, 1.54) is 12.1 Å². The standard InChI is InChI=1S/C30H33F2N5O3/c1-15(2)37-25(9-10-34-37)29(39)36-27(26(16-3-4-16)17-5-6-17)30(40)35-24-11-18-7-8-20(21(18)13-23(24)32)22-12-19(31)14-33-28(22)38/h9-17,20,26-27H,3-8H2,1-2H3,(H,33,38)(H,35,40)(H,36,39)/t20?,27-/m0/s1. The van der Waals surface area contributed by atoms with Crippen molar-refractivity contribution in [3.63, 3.8) is 0 Å². The van der Waals surface area contributed by atoms with Gasteiger partial charge < -0.3 is 15.6 Å². The first-order valence-corrected chi connectivity index (χ1v) is 14.1. The number of aromatic nitrogens is 3. The first-order chi connectivity index (χ1) is 19.2. The number of H-pyrrole nitrogens is 1. The van der Waals surface area contributed by atoms with Gasteiger partial charge in [0.1, 0.15) is 23.4 Å². The summed E-state index contributed by atoms with van der Waals surface area (Å²) in [5.41, 5.74) is 1.69. The largest absolute Gasteiger partial charge is 0.339 e. The van der Waals surface area contributed by atoms with Gasteiger partial charge in [0, 0.05) is 29.9 Å². The maximum atomic E-state index is 15.4. The molecule has 1 aromatic carbocycles. The molecule has 8 nitrogen and oxygen atoms in total. The van der Waals surface area contributed by atoms with Crippen LogP contribution in [0.1, 0.15) is 85.1 Å². The Bertz CT molecular complexity index is 1510. The molecule has 40 heavy (non-hydrogen) atoms. The minimum atomic E-state index is -0.811. The quantitative estimate of drug-likeness (QED) is 0.360. The van der Waals surface area contributed by atoms with E-state index in [0.717, 1.165) is 37.4 Å². The van der Waals surface area contributed by atoms with E-state index in [1.54, 1.807) is 23.0 Å². The molecule has 3 N–H and O–H groups in total. The average Bonchev–Trinajstić information content (AvgIpc) is 3.85. The highest BCUT2D eigenvalue weighted by atomic mass is 19.1. The summed E-state index contributed by atoms with van der Waals surface area (Å²) in [4.78, 5) is 41.8. The molecule has 0 aliphatic heterocycles. The van der Waals surface area contributed by atoms with Crippen molar-refractivity contribution in [2.75, 3.05) is 5.32 Å². The Labute approximate surface area is 230 Å². The van der Waals surface area contributed by atoms with Gasteiger partial charge >= 0.3 is 0 Å². The Morgan fingerprint density at radius 3 is 2.45 bits per heavy atom. The topological polar surface area (TPSA) is 109 Å². The monoisotopic (exact) mass is 549 g/mol. The molecule has 2 saturated carbocycles. The number of anilines is 1. The first-order valence-electron chi connectivity index (χ1n) is 14.1. The second kappa shape index (κ2) is 10.3. The summed E-state index contributed by atoms with van der Waals surface area (Å²) >= 11 is 0. The lowest BCUT2D eigenvalue weighted by molar-refractivity contribution is -0.119. The highest BCUT2D eigenvalue weighted by Gasteiger charge is 2.48. The number of pyridine rings is 1. The zero-order chi connectivity index (χ0) is 28.1. The van der Waals surface area contributed by atoms with Crippen molar-refractivity contribution < 1.29 is 18.4 Å². The number of fused-ring (bicyclic) bond motifs is 1. The van der Waals surface area contributed by atoms with Crippen LogP contribution in [0.5, 0.6) is 0 Å². The number of hydrogen-bond acceptors (Lipinski definition) is 4. The van der Waals surface area contributed by atoms with E-state index >= 15 is 4.39 Å². The van der Waals surface area contributed by atoms with Crippen molar-refractivity contribution >= 4 is 17.5 Å². The molecule has 10 heteroatoms. The summed E-state index contributed by atoms with van der Waals surface area (Å²) in [6.45, 7) is 3.85. The van der Waals surface area contributed by atoms with Crippen LogP contribution in [0.2, 0.25) is 0 Å². The lowest BCUT2D eigenvalue weighted by Crippen LogP contribution is -2.50. The van der Waals surface area contributed by atoms with Crippen molar-refractivity contribution in [2.24, 2.45) is 17.8 Å². The van der Waals surface area contributed by atoms with E-state index in [1.807, 2.05) is 13.8 Å². The predicted molar refractivity (Wildman–Crippen MR) is 145 cm³/mol. The van der Waals surface area contributed by atoms with Crippen LogP contribution >= 0.6 is 0 Å². The zero-order valence-corrected chi connectivity index (χ0v) is 22.5. The van der Waals surface area contributed by atoms with Crippen LogP contribution < -0.4 is 16.2 Å². The molecule has 2 fully saturated rings. The molecule has 3 aliphatic rings. The minimum absolute atomic E-state index is 0.0130. The second-order valence-electron chi connectivity index (χ2n) is 11.7. The summed E-state index contributed by atoms with van der Waals surface area (Å²) in [6.07, 6.45) is 7.71. The van der Waals surface area contributed by atoms with Crippen molar-refractivity contribution in [2.45, 2.75) is 70.4 Å². The summed E-state index contributed by atoms with van der Waals surface area (Å²) in [5, 5.41) is 9.99. The fourth-order valence-corrected chi connectivity index (χ4v) is 6.34. The Morgan fingerprint density at radius 2 is 1.77 bits per heavy atom. The van der Waals surface area contributed by atoms with Crippen molar-refractivity contribution in [1.82, 2.24) is 20.1 Å². The van der Waals surface area contributed by atoms with Gasteiger partial charge in [-0.25, -0.2) is 8.78 Å². The first kappa shape index (κ1) is 26.4. The second-order valence-corrected chi connectivity index (χ2v) is 11.7. The van der Waals surface area contributed by atoms with E-state index in [4.69, 9.17) is 0 Å². The van der Waals surface area contributed by atoms with Gasteiger partial charge in [0.25, 0.3) is 11.5 Å². The van der Waals surface area contributed by atoms with Crippen LogP contribution in [-0.4, -0.2) is 32.6 Å². The molecule has 2 atom stereocenters. The van der Waals surface area contributed by atoms with Gasteiger partial charge in [-0.15, -0.1) is 0 Å². The van der Waals surface area contributed by atoms with E-state index in [2.05, 4.69) is 20.7 Å². The van der Waals surface area contributed by atoms with Gasteiger partial charge in [-0.05, 0) is 106 Å². The summed E-state index contributed by atoms with van der Waals surface area (Å²) < 4.78 is 30.9. The molecule has 0 spiro atoms. The van der Waals surface area contributed by atoms with Gasteiger partial charge in [-0.2, -0.15) is 5.10 Å². The fourth-order valence-electron chi connectivity index (χ4n) is 6.34. The number of aromatic amines is 1. The molecule has 0 bridgehead atoms. The van der Waals surface area contributed by atoms with Crippen LogP contribution in [0, 0.1) is 29.4 Å². The molecule has 6 rings (SSSR count). The van der Waals surface area contributed by atoms with Gasteiger partial charge in [0.15, 0.2) is 0 Å². The van der Waals surface area contributed by atoms with Gasteiger partial charge in [0.05, 0.1) is 5.69 Å². The van der Waals surface area contributed by atoms with Crippen LogP contribution in [0.25, 0.3) is 0 Å².